The molecule has 0 saturated carbocycles. The molecule has 2 N–H and O–H groups in total. The van der Waals surface area contributed by atoms with Crippen LogP contribution in [-0.4, -0.2) is 196 Å². The van der Waals surface area contributed by atoms with Gasteiger partial charge in [-0.15, -0.1) is 56.7 Å². The zero-order valence-corrected chi connectivity index (χ0v) is 70.1. The Morgan fingerprint density at radius 2 is 0.924 bits per heavy atom. The number of rotatable bonds is 19. The Bertz CT molecular complexity index is 5930. The van der Waals surface area contributed by atoms with Crippen LogP contribution in [-0.2, 0) is 19.0 Å². The lowest BCUT2D eigenvalue weighted by molar-refractivity contribution is -0.118. The van der Waals surface area contributed by atoms with E-state index in [1.54, 1.807) is 87.7 Å². The van der Waals surface area contributed by atoms with E-state index in [-0.39, 0.29) is 11.9 Å². The summed E-state index contributed by atoms with van der Waals surface area (Å²) in [5.74, 6) is 8.16. The molecule has 4 aliphatic rings. The maximum absolute atomic E-state index is 12.1. The number of aromatic nitrogens is 15. The quantitative estimate of drug-likeness (QED) is 0.0761. The Kier molecular flexibility index (Phi) is 26.8. The van der Waals surface area contributed by atoms with Gasteiger partial charge in [-0.25, -0.2) is 49.8 Å². The second-order valence-corrected chi connectivity index (χ2v) is 32.7. The maximum Gasteiger partial charge on any atom is 0.181 e. The highest BCUT2D eigenvalue weighted by molar-refractivity contribution is 7.18. The summed E-state index contributed by atoms with van der Waals surface area (Å²) in [5, 5.41) is 22.9. The second-order valence-electron chi connectivity index (χ2n) is 28.3. The van der Waals surface area contributed by atoms with Crippen molar-refractivity contribution in [3.63, 3.8) is 0 Å². The number of ether oxygens (including phenoxy) is 3. The Hall–Kier alpha value is -11.3. The van der Waals surface area contributed by atoms with Crippen LogP contribution in [0.4, 0.5) is 29.1 Å². The van der Waals surface area contributed by atoms with Crippen LogP contribution in [0.15, 0.2) is 197 Å². The number of ketones is 1. The van der Waals surface area contributed by atoms with Crippen molar-refractivity contribution in [2.24, 2.45) is 0 Å². The molecule has 4 fully saturated rings. The van der Waals surface area contributed by atoms with Crippen molar-refractivity contribution in [3.8, 4) is 68.7 Å². The number of thiophene rings is 5. The highest BCUT2D eigenvalue weighted by Crippen LogP contribution is 2.41. The third kappa shape index (κ3) is 19.6. The van der Waals surface area contributed by atoms with Crippen molar-refractivity contribution in [1.82, 2.24) is 79.7 Å². The van der Waals surface area contributed by atoms with Crippen LogP contribution in [0.2, 0.25) is 0 Å². The first kappa shape index (κ1) is 80.5. The third-order valence-corrected chi connectivity index (χ3v) is 24.7. The lowest BCUT2D eigenvalue weighted by atomic mass is 10.0. The summed E-state index contributed by atoms with van der Waals surface area (Å²) < 4.78 is 16.6. The van der Waals surface area contributed by atoms with E-state index in [4.69, 9.17) is 44.1 Å². The zero-order valence-electron chi connectivity index (χ0n) is 66.0. The van der Waals surface area contributed by atoms with Gasteiger partial charge in [-0.2, -0.15) is 0 Å². The first-order valence-corrected chi connectivity index (χ1v) is 44.2. The van der Waals surface area contributed by atoms with Crippen molar-refractivity contribution in [2.45, 2.75) is 71.9 Å². The minimum atomic E-state index is 0.258. The van der Waals surface area contributed by atoms with Gasteiger partial charge in [0.05, 0.1) is 66.0 Å². The van der Waals surface area contributed by atoms with Crippen LogP contribution in [0, 0.1) is 6.92 Å². The number of morpholine rings is 2. The van der Waals surface area contributed by atoms with Crippen LogP contribution in [0.1, 0.15) is 58.4 Å². The number of carbonyl (C=O) groups excluding carboxylic acids is 1. The lowest BCUT2D eigenvalue weighted by Gasteiger charge is -2.28. The van der Waals surface area contributed by atoms with Crippen molar-refractivity contribution in [3.05, 3.63) is 203 Å². The molecule has 30 heteroatoms. The van der Waals surface area contributed by atoms with Gasteiger partial charge in [0.25, 0.3) is 0 Å². The molecule has 4 aliphatic heterocycles. The normalized spacial score (nSPS) is 15.1. The summed E-state index contributed by atoms with van der Waals surface area (Å²) in [6, 6.07) is 45.8. The van der Waals surface area contributed by atoms with E-state index in [2.05, 4.69) is 155 Å². The van der Waals surface area contributed by atoms with Gasteiger partial charge in [0.2, 0.25) is 0 Å². The average molecular weight is 1670 g/mol. The molecule has 1 aromatic carbocycles. The molecule has 0 amide bonds. The van der Waals surface area contributed by atoms with E-state index < -0.39 is 0 Å². The number of piperidine rings is 1. The standard InChI is InChI=1S/C22H18N4OS.C19H25N5S.2C16H16N4OS.C15H14N4OS/c27-16-9-6-12-26(13-16)21-19-17(15-7-2-1-3-8-15)14-28-22(19)25-20(24-21)18-10-4-5-11-23-18;1-4-24(5-2)12-9-14(3)21-17-15-10-13-25-19(15)23-18(22-17)16-8-6-7-11-20-16;1-11-10-22-16-13(11)15(20-6-8-21-9-7-20)18-14(19-16)12-4-2-3-5-17-12;1-2-7-17-13(5-1)15-19-14(12-6-9-22-16(12)20-15)18-10-11-4-3-8-21-11;1-2-5-16-12(3-1)13-17-14(19-6-8-20-9-7-19)11-4-10-21-15(11)18-13/h1-5,7-8,10-11,14H,6,9,12-13H2;6-8,10-11,13-14H,4-5,9,12H2,1-3H3,(H,21,22,23);2-5,10H,6-9H2,1H3;1-2,5-7,9,11H,3-4,8,10H2,(H,18,19,20);1-5,10H,6-9H2. The molecule has 19 heterocycles. The number of aryl methyl sites for hydroxylation is 1. The van der Waals surface area contributed by atoms with Gasteiger partial charge < -0.3 is 44.4 Å². The predicted molar refractivity (Wildman–Crippen MR) is 479 cm³/mol. The third-order valence-electron chi connectivity index (χ3n) is 20.4. The first-order chi connectivity index (χ1) is 58.1. The summed E-state index contributed by atoms with van der Waals surface area (Å²) in [4.78, 5) is 95.4. The molecular weight excluding hydrogens is 1580 g/mol. The molecule has 0 bridgehead atoms. The van der Waals surface area contributed by atoms with Crippen LogP contribution < -0.4 is 25.3 Å². The number of carbonyl (C=O) groups is 1. The molecule has 0 spiro atoms. The van der Waals surface area contributed by atoms with Crippen LogP contribution in [0.25, 0.3) is 120 Å². The SMILES string of the molecule is CCN(CC)CCC(C)Nc1nc(-c2ccccn2)nc2sccc12.Cc1csc2nc(-c3ccccn3)nc(N3CCOCC3)c12.O=C1CCCN(c2nc(-c3ccccn3)nc3scc(-c4ccccc4)c23)C1.c1ccc(-c2nc(N3CCOCC3)c3ccsc3n2)nc1.c1ccc(-c2nc(NCC3CCCO3)c3ccsc3n2)nc1. The van der Waals surface area contributed by atoms with Crippen LogP contribution >= 0.6 is 56.7 Å². The van der Waals surface area contributed by atoms with Gasteiger partial charge in [-0.05, 0) is 164 Å². The monoisotopic (exact) mass is 1660 g/mol. The van der Waals surface area contributed by atoms with Gasteiger partial charge >= 0.3 is 0 Å². The number of nitrogens with zero attached hydrogens (tertiary/aromatic N) is 19. The van der Waals surface area contributed by atoms with E-state index >= 15 is 0 Å². The smallest absolute Gasteiger partial charge is 0.181 e. The van der Waals surface area contributed by atoms with Crippen LogP contribution in [0.3, 0.4) is 0 Å². The van der Waals surface area contributed by atoms with Gasteiger partial charge in [0, 0.05) is 107 Å². The molecular formula is C88H89N21O4S5. The number of benzene rings is 1. The van der Waals surface area contributed by atoms with E-state index in [9.17, 15) is 4.79 Å². The van der Waals surface area contributed by atoms with Gasteiger partial charge in [0.15, 0.2) is 34.9 Å². The topological polar surface area (TPSA) is 275 Å². The van der Waals surface area contributed by atoms with Crippen molar-refractivity contribution < 1.29 is 19.0 Å². The van der Waals surface area contributed by atoms with Crippen molar-refractivity contribution in [1.29, 1.82) is 0 Å². The molecule has 2 unspecified atom stereocenters. The average Bonchev–Trinajstić information content (AvgIpc) is 1.58. The fourth-order valence-corrected chi connectivity index (χ4v) is 18.3. The molecule has 600 valence electrons. The molecule has 15 aromatic heterocycles. The number of Topliss-reactive ketones (excluding diaryl/α,β-unsaturated/α-hetero) is 1. The summed E-state index contributed by atoms with van der Waals surface area (Å²) >= 11 is 8.16. The molecule has 20 rings (SSSR count). The predicted octanol–water partition coefficient (Wildman–Crippen LogP) is 17.7. The minimum absolute atomic E-state index is 0.258. The molecule has 25 nitrogen and oxygen atoms in total. The molecule has 118 heavy (non-hydrogen) atoms. The highest BCUT2D eigenvalue weighted by Gasteiger charge is 2.27. The number of fused-ring (bicyclic) bond motifs is 5. The number of nitrogens with one attached hydrogen (secondary N) is 2. The van der Waals surface area contributed by atoms with Crippen LogP contribution in [0.5, 0.6) is 0 Å². The molecule has 4 saturated heterocycles. The molecule has 0 aliphatic carbocycles. The minimum Gasteiger partial charge on any atom is -0.378 e. The van der Waals surface area contributed by atoms with Crippen molar-refractivity contribution >= 4 is 143 Å². The van der Waals surface area contributed by atoms with E-state index in [0.29, 0.717) is 48.1 Å². The number of hydrogen-bond donors (Lipinski definition) is 2. The summed E-state index contributed by atoms with van der Waals surface area (Å²) in [6.45, 7) is 21.3. The number of pyridine rings is 5. The fraction of sp³-hybridized carbons (Fsp3) is 0.295. The van der Waals surface area contributed by atoms with E-state index in [1.807, 2.05) is 115 Å². The maximum atomic E-state index is 12.1. The van der Waals surface area contributed by atoms with Crippen molar-refractivity contribution in [2.75, 3.05) is 124 Å². The van der Waals surface area contributed by atoms with Gasteiger partial charge in [0.1, 0.15) is 81.7 Å². The van der Waals surface area contributed by atoms with Gasteiger partial charge in [-0.3, -0.25) is 29.7 Å². The van der Waals surface area contributed by atoms with E-state index in [1.165, 1.54) is 5.56 Å². The Balaban J connectivity index is 0.000000111. The summed E-state index contributed by atoms with van der Waals surface area (Å²) in [7, 11) is 0. The Morgan fingerprint density at radius 3 is 1.43 bits per heavy atom. The molecule has 16 aromatic rings. The zero-order chi connectivity index (χ0) is 80.4. The second kappa shape index (κ2) is 39.3. The highest BCUT2D eigenvalue weighted by atomic mass is 32.1. The Labute approximate surface area is 703 Å². The van der Waals surface area contributed by atoms with E-state index in [0.717, 1.165) is 237 Å². The van der Waals surface area contributed by atoms with Gasteiger partial charge in [-0.1, -0.05) is 74.5 Å². The fourth-order valence-electron chi connectivity index (χ4n) is 14.2. The lowest BCUT2D eigenvalue weighted by Crippen LogP contribution is -2.37. The number of hydrogen-bond acceptors (Lipinski definition) is 30. The molecule has 2 atom stereocenters. The largest absolute Gasteiger partial charge is 0.378 e. The summed E-state index contributed by atoms with van der Waals surface area (Å²) in [5.41, 5.74) is 7.42. The molecule has 0 radical (unpaired) electrons. The Morgan fingerprint density at radius 1 is 0.466 bits per heavy atom. The number of anilines is 5. The first-order valence-electron chi connectivity index (χ1n) is 39.8. The summed E-state index contributed by atoms with van der Waals surface area (Å²) in [6.07, 6.45) is 13.9.